The highest BCUT2D eigenvalue weighted by atomic mass is 19.1. The van der Waals surface area contributed by atoms with Crippen LogP contribution < -0.4 is 5.32 Å². The Kier molecular flexibility index (Phi) is 4.71. The van der Waals surface area contributed by atoms with Crippen molar-refractivity contribution >= 4 is 5.91 Å². The van der Waals surface area contributed by atoms with Crippen LogP contribution in [0.25, 0.3) is 0 Å². The van der Waals surface area contributed by atoms with Crippen LogP contribution in [0.15, 0.2) is 30.5 Å². The number of benzene rings is 1. The lowest BCUT2D eigenvalue weighted by Gasteiger charge is -2.22. The van der Waals surface area contributed by atoms with Crippen LogP contribution in [0.5, 0.6) is 0 Å². The van der Waals surface area contributed by atoms with Crippen molar-refractivity contribution in [2.45, 2.75) is 31.8 Å². The third-order valence-electron chi connectivity index (χ3n) is 4.09. The fourth-order valence-electron chi connectivity index (χ4n) is 2.92. The van der Waals surface area contributed by atoms with Gasteiger partial charge in [0.15, 0.2) is 0 Å². The van der Waals surface area contributed by atoms with Gasteiger partial charge in [0.05, 0.1) is 30.5 Å². The van der Waals surface area contributed by atoms with Gasteiger partial charge in [0, 0.05) is 13.3 Å². The molecule has 0 fully saturated rings. The molecule has 0 spiro atoms. The molecule has 1 amide bonds. The smallest absolute Gasteiger partial charge is 0.254 e. The molecule has 1 heterocycles. The second kappa shape index (κ2) is 6.91. The predicted molar refractivity (Wildman–Crippen MR) is 83.6 cm³/mol. The summed E-state index contributed by atoms with van der Waals surface area (Å²) in [6, 6.07) is 5.84. The normalized spacial score (nSPS) is 16.9. The highest BCUT2D eigenvalue weighted by Gasteiger charge is 2.26. The first kappa shape index (κ1) is 15.7. The van der Waals surface area contributed by atoms with Gasteiger partial charge in [-0.3, -0.25) is 9.48 Å². The maximum atomic E-state index is 13.7. The van der Waals surface area contributed by atoms with Gasteiger partial charge in [-0.15, -0.1) is 0 Å². The van der Waals surface area contributed by atoms with E-state index in [1.807, 2.05) is 10.9 Å². The van der Waals surface area contributed by atoms with Gasteiger partial charge in [-0.1, -0.05) is 12.1 Å². The molecule has 122 valence electrons. The van der Waals surface area contributed by atoms with E-state index >= 15 is 0 Å². The summed E-state index contributed by atoms with van der Waals surface area (Å²) in [5.74, 6) is -0.904. The third-order valence-corrected chi connectivity index (χ3v) is 4.09. The molecule has 1 aromatic heterocycles. The highest BCUT2D eigenvalue weighted by Crippen LogP contribution is 2.28. The average molecular weight is 317 g/mol. The van der Waals surface area contributed by atoms with Crippen molar-refractivity contribution in [2.75, 3.05) is 13.7 Å². The molecule has 0 saturated carbocycles. The maximum Gasteiger partial charge on any atom is 0.254 e. The van der Waals surface area contributed by atoms with E-state index in [2.05, 4.69) is 10.4 Å². The molecule has 0 bridgehead atoms. The topological polar surface area (TPSA) is 56.1 Å². The van der Waals surface area contributed by atoms with Crippen LogP contribution in [0, 0.1) is 5.82 Å². The van der Waals surface area contributed by atoms with Crippen molar-refractivity contribution in [3.63, 3.8) is 0 Å². The van der Waals surface area contributed by atoms with Crippen LogP contribution in [0.2, 0.25) is 0 Å². The summed E-state index contributed by atoms with van der Waals surface area (Å²) in [5.41, 5.74) is 2.10. The van der Waals surface area contributed by atoms with Gasteiger partial charge in [0.25, 0.3) is 5.91 Å². The molecule has 0 saturated heterocycles. The minimum absolute atomic E-state index is 0.0680. The fourth-order valence-corrected chi connectivity index (χ4v) is 2.92. The molecule has 3 rings (SSSR count). The Balaban J connectivity index is 1.76. The van der Waals surface area contributed by atoms with Crippen molar-refractivity contribution in [3.05, 3.63) is 53.1 Å². The Hall–Kier alpha value is -2.21. The lowest BCUT2D eigenvalue weighted by molar-refractivity contribution is 0.0927. The summed E-state index contributed by atoms with van der Waals surface area (Å²) in [6.45, 7) is 1.27. The molecule has 0 aliphatic heterocycles. The predicted octanol–water partition coefficient (Wildman–Crippen LogP) is 2.48. The van der Waals surface area contributed by atoms with Crippen LogP contribution in [0.3, 0.4) is 0 Å². The second-order valence-electron chi connectivity index (χ2n) is 5.69. The van der Waals surface area contributed by atoms with Gasteiger partial charge in [-0.05, 0) is 37.0 Å². The zero-order chi connectivity index (χ0) is 16.2. The fraction of sp³-hybridized carbons (Fsp3) is 0.412. The average Bonchev–Trinajstić information content (AvgIpc) is 2.97. The van der Waals surface area contributed by atoms with E-state index < -0.39 is 11.7 Å². The molecular weight excluding hydrogens is 297 g/mol. The van der Waals surface area contributed by atoms with Crippen molar-refractivity contribution in [3.8, 4) is 0 Å². The number of halogens is 1. The van der Waals surface area contributed by atoms with E-state index in [0.29, 0.717) is 13.2 Å². The van der Waals surface area contributed by atoms with E-state index in [-0.39, 0.29) is 11.6 Å². The quantitative estimate of drug-likeness (QED) is 0.922. The Bertz CT molecular complexity index is 699. The summed E-state index contributed by atoms with van der Waals surface area (Å²) < 4.78 is 20.7. The number of nitrogens with zero attached hydrogens (tertiary/aromatic N) is 2. The largest absolute Gasteiger partial charge is 0.383 e. The summed E-state index contributed by atoms with van der Waals surface area (Å²) in [6.07, 6.45) is 4.75. The number of rotatable bonds is 5. The van der Waals surface area contributed by atoms with Gasteiger partial charge in [-0.25, -0.2) is 4.39 Å². The van der Waals surface area contributed by atoms with E-state index in [1.165, 1.54) is 12.1 Å². The Morgan fingerprint density at radius 1 is 1.48 bits per heavy atom. The number of hydrogen-bond donors (Lipinski definition) is 1. The molecule has 2 aromatic rings. The minimum Gasteiger partial charge on any atom is -0.383 e. The van der Waals surface area contributed by atoms with E-state index in [9.17, 15) is 9.18 Å². The van der Waals surface area contributed by atoms with Crippen LogP contribution in [0.1, 0.15) is 40.5 Å². The first-order valence-electron chi connectivity index (χ1n) is 7.79. The van der Waals surface area contributed by atoms with Crippen LogP contribution in [-0.4, -0.2) is 29.4 Å². The molecule has 0 radical (unpaired) electrons. The molecule has 1 aliphatic rings. The Morgan fingerprint density at radius 2 is 2.30 bits per heavy atom. The number of carbonyl (C=O) groups is 1. The van der Waals surface area contributed by atoms with Crippen molar-refractivity contribution in [1.29, 1.82) is 0 Å². The maximum absolute atomic E-state index is 13.7. The molecule has 1 aromatic carbocycles. The summed E-state index contributed by atoms with van der Waals surface area (Å²) in [7, 11) is 1.65. The number of methoxy groups -OCH3 is 1. The molecule has 5 nitrogen and oxygen atoms in total. The number of hydrogen-bond acceptors (Lipinski definition) is 3. The SMILES string of the molecule is COCCn1cc2c(n1)C(NC(=O)c1ccccc1F)CCC2. The monoisotopic (exact) mass is 317 g/mol. The summed E-state index contributed by atoms with van der Waals surface area (Å²) >= 11 is 0. The van der Waals surface area contributed by atoms with E-state index in [0.717, 1.165) is 30.5 Å². The number of fused-ring (bicyclic) bond motifs is 1. The highest BCUT2D eigenvalue weighted by molar-refractivity contribution is 5.94. The summed E-state index contributed by atoms with van der Waals surface area (Å²) in [4.78, 5) is 12.3. The number of amides is 1. The molecule has 23 heavy (non-hydrogen) atoms. The number of carbonyl (C=O) groups excluding carboxylic acids is 1. The minimum atomic E-state index is -0.508. The first-order chi connectivity index (χ1) is 11.2. The Labute approximate surface area is 134 Å². The van der Waals surface area contributed by atoms with Crippen LogP contribution in [0.4, 0.5) is 4.39 Å². The van der Waals surface area contributed by atoms with Crippen molar-refractivity contribution in [2.24, 2.45) is 0 Å². The molecular formula is C17H20FN3O2. The van der Waals surface area contributed by atoms with Crippen molar-refractivity contribution in [1.82, 2.24) is 15.1 Å². The zero-order valence-electron chi connectivity index (χ0n) is 13.1. The first-order valence-corrected chi connectivity index (χ1v) is 7.79. The van der Waals surface area contributed by atoms with E-state index in [1.54, 1.807) is 19.2 Å². The number of nitrogens with one attached hydrogen (secondary N) is 1. The van der Waals surface area contributed by atoms with Gasteiger partial charge in [-0.2, -0.15) is 5.10 Å². The van der Waals surface area contributed by atoms with Gasteiger partial charge >= 0.3 is 0 Å². The summed E-state index contributed by atoms with van der Waals surface area (Å²) in [5, 5.41) is 7.48. The second-order valence-corrected chi connectivity index (χ2v) is 5.69. The van der Waals surface area contributed by atoms with E-state index in [4.69, 9.17) is 4.74 Å². The van der Waals surface area contributed by atoms with Gasteiger partial charge in [0.1, 0.15) is 5.82 Å². The number of ether oxygens (including phenoxy) is 1. The lowest BCUT2D eigenvalue weighted by atomic mass is 9.93. The van der Waals surface area contributed by atoms with Crippen molar-refractivity contribution < 1.29 is 13.9 Å². The Morgan fingerprint density at radius 3 is 3.09 bits per heavy atom. The molecule has 6 heteroatoms. The third kappa shape index (κ3) is 3.42. The standard InChI is InChI=1S/C17H20FN3O2/c1-23-10-9-21-11-12-5-4-8-15(16(12)20-21)19-17(22)13-6-2-3-7-14(13)18/h2-3,6-7,11,15H,4-5,8-10H2,1H3,(H,19,22). The lowest BCUT2D eigenvalue weighted by Crippen LogP contribution is -2.31. The molecule has 1 unspecified atom stereocenters. The zero-order valence-corrected chi connectivity index (χ0v) is 13.1. The molecule has 1 aliphatic carbocycles. The van der Waals surface area contributed by atoms with Gasteiger partial charge < -0.3 is 10.1 Å². The molecule has 1 atom stereocenters. The van der Waals surface area contributed by atoms with Crippen LogP contribution in [-0.2, 0) is 17.7 Å². The molecule has 1 N–H and O–H groups in total. The van der Waals surface area contributed by atoms with Gasteiger partial charge in [0.2, 0.25) is 0 Å². The number of aryl methyl sites for hydroxylation is 1. The number of aromatic nitrogens is 2. The van der Waals surface area contributed by atoms with Crippen LogP contribution >= 0.6 is 0 Å².